The van der Waals surface area contributed by atoms with Crippen LogP contribution in [0.2, 0.25) is 0 Å². The summed E-state index contributed by atoms with van der Waals surface area (Å²) in [5, 5.41) is 0. The molecule has 0 spiro atoms. The minimum absolute atomic E-state index is 0.212. The summed E-state index contributed by atoms with van der Waals surface area (Å²) in [6, 6.07) is 0. The lowest BCUT2D eigenvalue weighted by Crippen LogP contribution is -2.40. The topological polar surface area (TPSA) is 52.6 Å². The Hall–Kier alpha value is -0.770. The van der Waals surface area contributed by atoms with E-state index in [-0.39, 0.29) is 17.9 Å². The first kappa shape index (κ1) is 14.3. The fourth-order valence-electron chi connectivity index (χ4n) is 2.64. The number of methoxy groups -OCH3 is 2. The van der Waals surface area contributed by atoms with Crippen LogP contribution in [-0.4, -0.2) is 32.0 Å². The molecule has 0 heterocycles. The van der Waals surface area contributed by atoms with E-state index in [1.165, 1.54) is 14.2 Å². The monoisotopic (exact) mass is 262 g/mol. The standard InChI is InChI=1S/C12H19ClO4/c1-16-10(14)9-4-3-5-12(8-9,6-7-13)11(15)17-2/h9H,3-8H2,1-2H3/t9-,12-/m0/s1. The van der Waals surface area contributed by atoms with E-state index in [1.54, 1.807) is 0 Å². The molecule has 0 unspecified atom stereocenters. The zero-order valence-corrected chi connectivity index (χ0v) is 11.1. The maximum atomic E-state index is 11.9. The minimum atomic E-state index is -0.604. The third kappa shape index (κ3) is 3.12. The lowest BCUT2D eigenvalue weighted by atomic mass is 9.68. The Morgan fingerprint density at radius 1 is 1.35 bits per heavy atom. The lowest BCUT2D eigenvalue weighted by molar-refractivity contribution is -0.160. The minimum Gasteiger partial charge on any atom is -0.469 e. The Morgan fingerprint density at radius 2 is 2.06 bits per heavy atom. The third-order valence-electron chi connectivity index (χ3n) is 3.57. The fourth-order valence-corrected chi connectivity index (χ4v) is 3.00. The van der Waals surface area contributed by atoms with E-state index in [2.05, 4.69) is 0 Å². The molecule has 98 valence electrons. The second kappa shape index (κ2) is 6.24. The molecule has 0 aliphatic heterocycles. The van der Waals surface area contributed by atoms with Gasteiger partial charge in [0.25, 0.3) is 0 Å². The van der Waals surface area contributed by atoms with Crippen LogP contribution in [0.1, 0.15) is 32.1 Å². The van der Waals surface area contributed by atoms with Gasteiger partial charge in [-0.25, -0.2) is 0 Å². The molecule has 1 aliphatic rings. The Bertz CT molecular complexity index is 288. The summed E-state index contributed by atoms with van der Waals surface area (Å²) in [6.45, 7) is 0. The summed E-state index contributed by atoms with van der Waals surface area (Å²) < 4.78 is 9.61. The highest BCUT2D eigenvalue weighted by Crippen LogP contribution is 2.43. The van der Waals surface area contributed by atoms with E-state index in [1.807, 2.05) is 0 Å². The van der Waals surface area contributed by atoms with E-state index in [0.29, 0.717) is 18.7 Å². The summed E-state index contributed by atoms with van der Waals surface area (Å²) in [4.78, 5) is 23.5. The second-order valence-electron chi connectivity index (χ2n) is 4.53. The highest BCUT2D eigenvalue weighted by Gasteiger charge is 2.45. The molecule has 4 nitrogen and oxygen atoms in total. The molecule has 17 heavy (non-hydrogen) atoms. The summed E-state index contributed by atoms with van der Waals surface area (Å²) in [5.74, 6) is -0.321. The van der Waals surface area contributed by atoms with Crippen molar-refractivity contribution < 1.29 is 19.1 Å². The average Bonchev–Trinajstić information content (AvgIpc) is 2.37. The summed E-state index contributed by atoms with van der Waals surface area (Å²) in [5.41, 5.74) is -0.604. The number of hydrogen-bond donors (Lipinski definition) is 0. The van der Waals surface area contributed by atoms with Gasteiger partial charge in [-0.05, 0) is 25.7 Å². The highest BCUT2D eigenvalue weighted by atomic mass is 35.5. The van der Waals surface area contributed by atoms with Crippen LogP contribution in [0.15, 0.2) is 0 Å². The molecule has 2 atom stereocenters. The first-order valence-corrected chi connectivity index (χ1v) is 6.35. The first-order chi connectivity index (χ1) is 8.09. The predicted molar refractivity (Wildman–Crippen MR) is 63.8 cm³/mol. The van der Waals surface area contributed by atoms with Crippen molar-refractivity contribution >= 4 is 23.5 Å². The van der Waals surface area contributed by atoms with E-state index in [4.69, 9.17) is 21.1 Å². The van der Waals surface area contributed by atoms with Gasteiger partial charge in [0.05, 0.1) is 25.6 Å². The number of carbonyl (C=O) groups is 2. The lowest BCUT2D eigenvalue weighted by Gasteiger charge is -2.37. The van der Waals surface area contributed by atoms with Gasteiger partial charge in [-0.1, -0.05) is 6.42 Å². The van der Waals surface area contributed by atoms with Crippen LogP contribution in [0.3, 0.4) is 0 Å². The van der Waals surface area contributed by atoms with Gasteiger partial charge in [-0.2, -0.15) is 0 Å². The van der Waals surface area contributed by atoms with Crippen LogP contribution < -0.4 is 0 Å². The first-order valence-electron chi connectivity index (χ1n) is 5.82. The Labute approximate surface area is 107 Å². The second-order valence-corrected chi connectivity index (χ2v) is 4.91. The van der Waals surface area contributed by atoms with Gasteiger partial charge in [0.15, 0.2) is 0 Å². The predicted octanol–water partition coefficient (Wildman–Crippen LogP) is 2.14. The molecular weight excluding hydrogens is 244 g/mol. The van der Waals surface area contributed by atoms with E-state index in [9.17, 15) is 9.59 Å². The summed E-state index contributed by atoms with van der Waals surface area (Å²) in [7, 11) is 2.75. The molecule has 0 aromatic carbocycles. The quantitative estimate of drug-likeness (QED) is 0.575. The number of alkyl halides is 1. The maximum Gasteiger partial charge on any atom is 0.311 e. The van der Waals surface area contributed by atoms with Gasteiger partial charge in [-0.15, -0.1) is 11.6 Å². The molecular formula is C12H19ClO4. The van der Waals surface area contributed by atoms with Crippen molar-refractivity contribution in [1.29, 1.82) is 0 Å². The zero-order valence-electron chi connectivity index (χ0n) is 10.3. The van der Waals surface area contributed by atoms with Gasteiger partial charge in [-0.3, -0.25) is 9.59 Å². The number of hydrogen-bond acceptors (Lipinski definition) is 4. The van der Waals surface area contributed by atoms with E-state index >= 15 is 0 Å². The Kier molecular flexibility index (Phi) is 5.25. The smallest absolute Gasteiger partial charge is 0.311 e. The van der Waals surface area contributed by atoms with Crippen LogP contribution in [0.4, 0.5) is 0 Å². The van der Waals surface area contributed by atoms with Gasteiger partial charge >= 0.3 is 11.9 Å². The van der Waals surface area contributed by atoms with Gasteiger partial charge in [0.1, 0.15) is 0 Å². The van der Waals surface area contributed by atoms with Crippen molar-refractivity contribution in [3.05, 3.63) is 0 Å². The third-order valence-corrected chi connectivity index (χ3v) is 3.76. The molecule has 1 saturated carbocycles. The highest BCUT2D eigenvalue weighted by molar-refractivity contribution is 6.18. The van der Waals surface area contributed by atoms with Crippen molar-refractivity contribution in [2.45, 2.75) is 32.1 Å². The van der Waals surface area contributed by atoms with E-state index in [0.717, 1.165) is 19.3 Å². The molecule has 0 saturated heterocycles. The van der Waals surface area contributed by atoms with Crippen LogP contribution in [0.5, 0.6) is 0 Å². The van der Waals surface area contributed by atoms with E-state index < -0.39 is 5.41 Å². The number of rotatable bonds is 4. The number of esters is 2. The van der Waals surface area contributed by atoms with Crippen LogP contribution >= 0.6 is 11.6 Å². The van der Waals surface area contributed by atoms with Crippen molar-refractivity contribution in [2.75, 3.05) is 20.1 Å². The molecule has 0 radical (unpaired) electrons. The maximum absolute atomic E-state index is 11.9. The Balaban J connectivity index is 2.83. The molecule has 0 bridgehead atoms. The summed E-state index contributed by atoms with van der Waals surface area (Å²) in [6.07, 6.45) is 3.37. The Morgan fingerprint density at radius 3 is 2.59 bits per heavy atom. The van der Waals surface area contributed by atoms with Crippen LogP contribution in [0, 0.1) is 11.3 Å². The van der Waals surface area contributed by atoms with Gasteiger partial charge in [0, 0.05) is 5.88 Å². The van der Waals surface area contributed by atoms with Crippen molar-refractivity contribution in [1.82, 2.24) is 0 Å². The van der Waals surface area contributed by atoms with Gasteiger partial charge in [0.2, 0.25) is 0 Å². The average molecular weight is 263 g/mol. The SMILES string of the molecule is COC(=O)[C@H]1CCC[C@@](CCCl)(C(=O)OC)C1. The van der Waals surface area contributed by atoms with Crippen molar-refractivity contribution in [3.63, 3.8) is 0 Å². The largest absolute Gasteiger partial charge is 0.469 e. The molecule has 5 heteroatoms. The molecule has 0 amide bonds. The van der Waals surface area contributed by atoms with Crippen molar-refractivity contribution in [2.24, 2.45) is 11.3 Å². The molecule has 1 fully saturated rings. The van der Waals surface area contributed by atoms with Crippen LogP contribution in [-0.2, 0) is 19.1 Å². The molecule has 0 N–H and O–H groups in total. The molecule has 0 aromatic rings. The summed E-state index contributed by atoms with van der Waals surface area (Å²) >= 11 is 5.76. The number of halogens is 1. The molecule has 0 aromatic heterocycles. The van der Waals surface area contributed by atoms with Gasteiger partial charge < -0.3 is 9.47 Å². The number of carbonyl (C=O) groups excluding carboxylic acids is 2. The van der Waals surface area contributed by atoms with Crippen molar-refractivity contribution in [3.8, 4) is 0 Å². The molecule has 1 aliphatic carbocycles. The molecule has 1 rings (SSSR count). The number of ether oxygens (including phenoxy) is 2. The van der Waals surface area contributed by atoms with Crippen LogP contribution in [0.25, 0.3) is 0 Å². The normalized spacial score (nSPS) is 28.5. The zero-order chi connectivity index (χ0) is 12.9. The fraction of sp³-hybridized carbons (Fsp3) is 0.833.